The van der Waals surface area contributed by atoms with Crippen molar-refractivity contribution in [3.05, 3.63) is 23.8 Å². The molecule has 0 spiro atoms. The lowest BCUT2D eigenvalue weighted by Crippen LogP contribution is -2.14. The van der Waals surface area contributed by atoms with Crippen LogP contribution in [0.25, 0.3) is 0 Å². The molecular formula is C8H14N2. The predicted octanol–water partition coefficient (Wildman–Crippen LogP) is 0.406. The van der Waals surface area contributed by atoms with E-state index in [4.69, 9.17) is 11.5 Å². The van der Waals surface area contributed by atoms with Crippen LogP contribution in [-0.4, -0.2) is 13.1 Å². The Bertz CT molecular complexity index is 159. The molecule has 0 bridgehead atoms. The van der Waals surface area contributed by atoms with Gasteiger partial charge in [0.2, 0.25) is 0 Å². The molecule has 2 heteroatoms. The summed E-state index contributed by atoms with van der Waals surface area (Å²) in [5.74, 6) is 0.537. The normalized spacial score (nSPS) is 24.6. The van der Waals surface area contributed by atoms with Gasteiger partial charge in [0.1, 0.15) is 0 Å². The summed E-state index contributed by atoms with van der Waals surface area (Å²) in [5.41, 5.74) is 12.1. The number of allylic oxidation sites excluding steroid dienone is 1. The molecule has 0 aromatic rings. The van der Waals surface area contributed by atoms with E-state index >= 15 is 0 Å². The number of hydrogen-bond acceptors (Lipinski definition) is 2. The van der Waals surface area contributed by atoms with Crippen LogP contribution in [0.2, 0.25) is 0 Å². The maximum Gasteiger partial charge on any atom is 0.0174 e. The summed E-state index contributed by atoms with van der Waals surface area (Å²) in [6.45, 7) is 1.39. The van der Waals surface area contributed by atoms with Crippen molar-refractivity contribution in [3.8, 4) is 0 Å². The van der Waals surface area contributed by atoms with Gasteiger partial charge in [-0.3, -0.25) is 0 Å². The van der Waals surface area contributed by atoms with E-state index in [9.17, 15) is 0 Å². The average Bonchev–Trinajstić information content (AvgIpc) is 2.05. The molecule has 1 atom stereocenters. The lowest BCUT2D eigenvalue weighted by atomic mass is 9.97. The van der Waals surface area contributed by atoms with E-state index in [1.165, 1.54) is 5.57 Å². The van der Waals surface area contributed by atoms with Gasteiger partial charge in [-0.25, -0.2) is 0 Å². The maximum absolute atomic E-state index is 5.48. The van der Waals surface area contributed by atoms with Crippen LogP contribution in [-0.2, 0) is 0 Å². The molecule has 0 saturated carbocycles. The van der Waals surface area contributed by atoms with E-state index in [-0.39, 0.29) is 0 Å². The molecule has 4 N–H and O–H groups in total. The van der Waals surface area contributed by atoms with Crippen molar-refractivity contribution in [2.24, 2.45) is 17.4 Å². The average molecular weight is 138 g/mol. The van der Waals surface area contributed by atoms with Crippen molar-refractivity contribution in [2.45, 2.75) is 6.42 Å². The van der Waals surface area contributed by atoms with Gasteiger partial charge < -0.3 is 11.5 Å². The zero-order chi connectivity index (χ0) is 7.40. The van der Waals surface area contributed by atoms with Crippen molar-refractivity contribution in [2.75, 3.05) is 13.1 Å². The van der Waals surface area contributed by atoms with Gasteiger partial charge in [0.25, 0.3) is 0 Å². The van der Waals surface area contributed by atoms with Gasteiger partial charge in [0.05, 0.1) is 0 Å². The van der Waals surface area contributed by atoms with Crippen molar-refractivity contribution >= 4 is 0 Å². The van der Waals surface area contributed by atoms with Crippen LogP contribution in [0.1, 0.15) is 6.42 Å². The van der Waals surface area contributed by atoms with Gasteiger partial charge in [-0.1, -0.05) is 18.2 Å². The molecule has 56 valence electrons. The third-order valence-electron chi connectivity index (χ3n) is 1.80. The first-order chi connectivity index (χ1) is 4.86. The molecule has 1 unspecified atom stereocenters. The number of rotatable bonds is 2. The maximum atomic E-state index is 5.48. The Hall–Kier alpha value is -0.600. The zero-order valence-electron chi connectivity index (χ0n) is 6.09. The molecule has 0 aliphatic heterocycles. The molecular weight excluding hydrogens is 124 g/mol. The van der Waals surface area contributed by atoms with Crippen LogP contribution < -0.4 is 11.5 Å². The molecule has 0 radical (unpaired) electrons. The van der Waals surface area contributed by atoms with Gasteiger partial charge in [-0.15, -0.1) is 0 Å². The van der Waals surface area contributed by atoms with Crippen molar-refractivity contribution < 1.29 is 0 Å². The van der Waals surface area contributed by atoms with Crippen LogP contribution >= 0.6 is 0 Å². The largest absolute Gasteiger partial charge is 0.330 e. The van der Waals surface area contributed by atoms with Crippen LogP contribution in [0.3, 0.4) is 0 Å². The second-order valence-corrected chi connectivity index (χ2v) is 2.57. The number of hydrogen-bond donors (Lipinski definition) is 2. The van der Waals surface area contributed by atoms with Gasteiger partial charge in [0.15, 0.2) is 0 Å². The Kier molecular flexibility index (Phi) is 2.66. The SMILES string of the molecule is NCC1=CCC(CN)C=C1. The Morgan fingerprint density at radius 1 is 1.50 bits per heavy atom. The van der Waals surface area contributed by atoms with Gasteiger partial charge in [-0.2, -0.15) is 0 Å². The smallest absolute Gasteiger partial charge is 0.0174 e. The Morgan fingerprint density at radius 2 is 2.30 bits per heavy atom. The lowest BCUT2D eigenvalue weighted by molar-refractivity contribution is 0.664. The monoisotopic (exact) mass is 138 g/mol. The minimum atomic E-state index is 0.537. The Balaban J connectivity index is 2.46. The van der Waals surface area contributed by atoms with E-state index in [2.05, 4.69) is 18.2 Å². The van der Waals surface area contributed by atoms with Gasteiger partial charge >= 0.3 is 0 Å². The summed E-state index contributed by atoms with van der Waals surface area (Å²) in [5, 5.41) is 0. The number of nitrogens with two attached hydrogens (primary N) is 2. The molecule has 0 amide bonds. The predicted molar refractivity (Wildman–Crippen MR) is 43.4 cm³/mol. The summed E-state index contributed by atoms with van der Waals surface area (Å²) in [6.07, 6.45) is 7.43. The molecule has 0 heterocycles. The van der Waals surface area contributed by atoms with Crippen LogP contribution in [0.15, 0.2) is 23.8 Å². The molecule has 1 aliphatic rings. The Morgan fingerprint density at radius 3 is 2.70 bits per heavy atom. The third-order valence-corrected chi connectivity index (χ3v) is 1.80. The third kappa shape index (κ3) is 1.69. The highest BCUT2D eigenvalue weighted by Crippen LogP contribution is 2.13. The molecule has 0 aromatic heterocycles. The second-order valence-electron chi connectivity index (χ2n) is 2.57. The summed E-state index contributed by atoms with van der Waals surface area (Å²) in [4.78, 5) is 0. The Labute approximate surface area is 61.6 Å². The lowest BCUT2D eigenvalue weighted by Gasteiger charge is -2.12. The molecule has 1 rings (SSSR count). The van der Waals surface area contributed by atoms with Crippen molar-refractivity contribution in [1.82, 2.24) is 0 Å². The minimum absolute atomic E-state index is 0.537. The molecule has 1 aliphatic carbocycles. The first-order valence-electron chi connectivity index (χ1n) is 3.64. The first-order valence-corrected chi connectivity index (χ1v) is 3.64. The van der Waals surface area contributed by atoms with Gasteiger partial charge in [-0.05, 0) is 24.5 Å². The van der Waals surface area contributed by atoms with Crippen LogP contribution in [0, 0.1) is 5.92 Å². The van der Waals surface area contributed by atoms with Crippen molar-refractivity contribution in [1.29, 1.82) is 0 Å². The van der Waals surface area contributed by atoms with Gasteiger partial charge in [0, 0.05) is 6.54 Å². The second kappa shape index (κ2) is 3.54. The molecule has 0 aromatic carbocycles. The fourth-order valence-corrected chi connectivity index (χ4v) is 1.04. The first kappa shape index (κ1) is 7.51. The highest BCUT2D eigenvalue weighted by molar-refractivity contribution is 5.24. The summed E-state index contributed by atoms with van der Waals surface area (Å²) in [6, 6.07) is 0. The molecule has 2 nitrogen and oxygen atoms in total. The highest BCUT2D eigenvalue weighted by atomic mass is 14.5. The summed E-state index contributed by atoms with van der Waals surface area (Å²) >= 11 is 0. The fourth-order valence-electron chi connectivity index (χ4n) is 1.04. The quantitative estimate of drug-likeness (QED) is 0.580. The molecule has 0 fully saturated rings. The standard InChI is InChI=1S/C8H14N2/c9-5-7-1-2-8(6-10)4-3-7/h1-3,8H,4-6,9-10H2. The van der Waals surface area contributed by atoms with E-state index < -0.39 is 0 Å². The minimum Gasteiger partial charge on any atom is -0.330 e. The fraction of sp³-hybridized carbons (Fsp3) is 0.500. The highest BCUT2D eigenvalue weighted by Gasteiger charge is 2.04. The van der Waals surface area contributed by atoms with E-state index in [0.717, 1.165) is 13.0 Å². The van der Waals surface area contributed by atoms with E-state index in [1.54, 1.807) is 0 Å². The summed E-state index contributed by atoms with van der Waals surface area (Å²) in [7, 11) is 0. The van der Waals surface area contributed by atoms with Crippen LogP contribution in [0.5, 0.6) is 0 Å². The topological polar surface area (TPSA) is 52.0 Å². The zero-order valence-corrected chi connectivity index (χ0v) is 6.09. The van der Waals surface area contributed by atoms with Crippen LogP contribution in [0.4, 0.5) is 0 Å². The van der Waals surface area contributed by atoms with Crippen molar-refractivity contribution in [3.63, 3.8) is 0 Å². The molecule has 0 saturated heterocycles. The van der Waals surface area contributed by atoms with E-state index in [1.807, 2.05) is 0 Å². The molecule has 10 heavy (non-hydrogen) atoms. The summed E-state index contributed by atoms with van der Waals surface area (Å²) < 4.78 is 0. The van der Waals surface area contributed by atoms with E-state index in [0.29, 0.717) is 12.5 Å².